The number of benzene rings is 1. The number of nitrogens with zero attached hydrogens (tertiary/aromatic N) is 1. The Bertz CT molecular complexity index is 339. The quantitative estimate of drug-likeness (QED) is 0.729. The maximum absolute atomic E-state index is 9.02. The Hall–Kier alpha value is -0.710. The van der Waals surface area contributed by atoms with Crippen molar-refractivity contribution in [1.29, 1.82) is 0 Å². The van der Waals surface area contributed by atoms with Crippen LogP contribution < -0.4 is 0 Å². The van der Waals surface area contributed by atoms with Gasteiger partial charge in [-0.15, -0.1) is 0 Å². The Kier molecular flexibility index (Phi) is 2.44. The molecular formula is C8H6ClNO2S. The van der Waals surface area contributed by atoms with E-state index in [1.165, 1.54) is 0 Å². The van der Waals surface area contributed by atoms with Gasteiger partial charge in [0.2, 0.25) is 5.90 Å². The summed E-state index contributed by atoms with van der Waals surface area (Å²) in [5, 5.41) is 9.68. The summed E-state index contributed by atoms with van der Waals surface area (Å²) in [5.74, 6) is 0.439. The first-order valence-electron chi connectivity index (χ1n) is 3.60. The van der Waals surface area contributed by atoms with Gasteiger partial charge in [0.1, 0.15) is 0 Å². The van der Waals surface area contributed by atoms with Gasteiger partial charge in [0.15, 0.2) is 0 Å². The molecule has 2 rings (SSSR count). The van der Waals surface area contributed by atoms with Crippen molar-refractivity contribution in [2.24, 2.45) is 4.40 Å². The molecule has 68 valence electrons. The minimum atomic E-state index is -0.884. The Morgan fingerprint density at radius 3 is 2.62 bits per heavy atom. The lowest BCUT2D eigenvalue weighted by Crippen LogP contribution is -2.07. The third-order valence-electron chi connectivity index (χ3n) is 1.53. The van der Waals surface area contributed by atoms with Gasteiger partial charge in [-0.3, -0.25) is 0 Å². The first kappa shape index (κ1) is 8.87. The van der Waals surface area contributed by atoms with Crippen LogP contribution in [0.5, 0.6) is 0 Å². The van der Waals surface area contributed by atoms with E-state index >= 15 is 0 Å². The van der Waals surface area contributed by atoms with E-state index in [9.17, 15) is 0 Å². The molecule has 1 aromatic rings. The topological polar surface area (TPSA) is 41.8 Å². The van der Waals surface area contributed by atoms with Crippen LogP contribution in [0, 0.1) is 0 Å². The molecule has 13 heavy (non-hydrogen) atoms. The second-order valence-electron chi connectivity index (χ2n) is 2.43. The van der Waals surface area contributed by atoms with Gasteiger partial charge in [-0.1, -0.05) is 11.6 Å². The lowest BCUT2D eigenvalue weighted by atomic mass is 10.2. The molecule has 0 saturated heterocycles. The highest BCUT2D eigenvalue weighted by Gasteiger charge is 2.18. The zero-order chi connectivity index (χ0) is 9.26. The van der Waals surface area contributed by atoms with E-state index < -0.39 is 5.62 Å². The van der Waals surface area contributed by atoms with E-state index in [0.29, 0.717) is 10.9 Å². The Morgan fingerprint density at radius 1 is 1.38 bits per heavy atom. The van der Waals surface area contributed by atoms with Crippen molar-refractivity contribution in [3.63, 3.8) is 0 Å². The average molecular weight is 216 g/mol. The fraction of sp³-hybridized carbons (Fsp3) is 0.125. The van der Waals surface area contributed by atoms with Crippen LogP contribution in [-0.4, -0.2) is 16.6 Å². The molecule has 0 amide bonds. The summed E-state index contributed by atoms with van der Waals surface area (Å²) in [6, 6.07) is 7.08. The van der Waals surface area contributed by atoms with Crippen LogP contribution in [0.25, 0.3) is 0 Å². The van der Waals surface area contributed by atoms with Crippen LogP contribution in [0.15, 0.2) is 28.7 Å². The van der Waals surface area contributed by atoms with E-state index in [0.717, 1.165) is 17.5 Å². The number of rotatable bonds is 1. The minimum Gasteiger partial charge on any atom is -0.435 e. The smallest absolute Gasteiger partial charge is 0.269 e. The molecule has 1 heterocycles. The van der Waals surface area contributed by atoms with Gasteiger partial charge in [-0.05, 0) is 24.3 Å². The molecule has 5 heteroatoms. The van der Waals surface area contributed by atoms with Crippen molar-refractivity contribution >= 4 is 29.4 Å². The normalized spacial score (nSPS) is 21.1. The molecule has 1 N–H and O–H groups in total. The van der Waals surface area contributed by atoms with E-state index in [4.69, 9.17) is 21.4 Å². The second kappa shape index (κ2) is 3.57. The van der Waals surface area contributed by atoms with Crippen LogP contribution in [0.1, 0.15) is 5.56 Å². The number of hydrogen-bond acceptors (Lipinski definition) is 4. The maximum atomic E-state index is 9.02. The molecule has 1 aliphatic rings. The molecule has 1 aliphatic heterocycles. The lowest BCUT2D eigenvalue weighted by molar-refractivity contribution is 0.0587. The molecule has 0 fully saturated rings. The first-order chi connectivity index (χ1) is 6.25. The van der Waals surface area contributed by atoms with Gasteiger partial charge in [-0.2, -0.15) is 4.40 Å². The highest BCUT2D eigenvalue weighted by atomic mass is 35.5. The van der Waals surface area contributed by atoms with E-state index in [1.807, 2.05) is 0 Å². The van der Waals surface area contributed by atoms with Crippen molar-refractivity contribution in [2.45, 2.75) is 5.62 Å². The summed E-state index contributed by atoms with van der Waals surface area (Å²) in [6.07, 6.45) is 0. The molecule has 0 aromatic heterocycles. The van der Waals surface area contributed by atoms with Crippen molar-refractivity contribution in [3.05, 3.63) is 34.9 Å². The zero-order valence-corrected chi connectivity index (χ0v) is 8.05. The third kappa shape index (κ3) is 1.96. The van der Waals surface area contributed by atoms with Crippen LogP contribution in [0.4, 0.5) is 0 Å². The number of hydrogen-bond donors (Lipinski definition) is 1. The number of aliphatic hydroxyl groups is 1. The Balaban J connectivity index is 2.22. The average Bonchev–Trinajstić information content (AvgIpc) is 2.53. The fourth-order valence-corrected chi connectivity index (χ4v) is 1.54. The molecule has 0 radical (unpaired) electrons. The van der Waals surface area contributed by atoms with Gasteiger partial charge in [0.25, 0.3) is 5.62 Å². The Morgan fingerprint density at radius 2 is 2.08 bits per heavy atom. The molecular weight excluding hydrogens is 210 g/mol. The monoisotopic (exact) mass is 215 g/mol. The molecule has 3 nitrogen and oxygen atoms in total. The van der Waals surface area contributed by atoms with Gasteiger partial charge in [0.05, 0.1) is 11.9 Å². The van der Waals surface area contributed by atoms with E-state index in [1.54, 1.807) is 24.3 Å². The van der Waals surface area contributed by atoms with E-state index in [-0.39, 0.29) is 0 Å². The summed E-state index contributed by atoms with van der Waals surface area (Å²) in [4.78, 5) is 0. The van der Waals surface area contributed by atoms with Crippen LogP contribution in [-0.2, 0) is 4.74 Å². The fourth-order valence-electron chi connectivity index (χ4n) is 0.945. The predicted octanol–water partition coefficient (Wildman–Crippen LogP) is 2.04. The van der Waals surface area contributed by atoms with Crippen molar-refractivity contribution in [1.82, 2.24) is 0 Å². The zero-order valence-electron chi connectivity index (χ0n) is 6.48. The summed E-state index contributed by atoms with van der Waals surface area (Å²) in [7, 11) is 0. The highest BCUT2D eigenvalue weighted by Crippen LogP contribution is 2.23. The Labute approximate surface area is 84.5 Å². The molecule has 1 aromatic carbocycles. The van der Waals surface area contributed by atoms with Crippen molar-refractivity contribution in [3.8, 4) is 0 Å². The second-order valence-corrected chi connectivity index (χ2v) is 3.67. The van der Waals surface area contributed by atoms with Gasteiger partial charge < -0.3 is 9.84 Å². The highest BCUT2D eigenvalue weighted by molar-refractivity contribution is 7.98. The SMILES string of the molecule is OC1OC(c2ccc(Cl)cc2)=NS1. The summed E-state index contributed by atoms with van der Waals surface area (Å²) < 4.78 is 8.95. The van der Waals surface area contributed by atoms with Gasteiger partial charge in [-0.25, -0.2) is 0 Å². The largest absolute Gasteiger partial charge is 0.435 e. The van der Waals surface area contributed by atoms with Crippen LogP contribution >= 0.6 is 23.5 Å². The molecule has 0 spiro atoms. The maximum Gasteiger partial charge on any atom is 0.269 e. The third-order valence-corrected chi connectivity index (χ3v) is 2.33. The van der Waals surface area contributed by atoms with Crippen molar-refractivity contribution in [2.75, 3.05) is 0 Å². The minimum absolute atomic E-state index is 0.439. The standard InChI is InChI=1S/C8H6ClNO2S/c9-6-3-1-5(2-4-6)7-10-13-8(11)12-7/h1-4,8,11H. The summed E-state index contributed by atoms with van der Waals surface area (Å²) >= 11 is 6.70. The first-order valence-corrected chi connectivity index (χ1v) is 4.81. The van der Waals surface area contributed by atoms with Crippen LogP contribution in [0.2, 0.25) is 5.02 Å². The van der Waals surface area contributed by atoms with Crippen molar-refractivity contribution < 1.29 is 9.84 Å². The number of halogens is 1. The van der Waals surface area contributed by atoms with Gasteiger partial charge >= 0.3 is 0 Å². The molecule has 0 bridgehead atoms. The molecule has 0 saturated carbocycles. The summed E-state index contributed by atoms with van der Waals surface area (Å²) in [5.41, 5.74) is -0.0703. The molecule has 1 unspecified atom stereocenters. The summed E-state index contributed by atoms with van der Waals surface area (Å²) in [6.45, 7) is 0. The van der Waals surface area contributed by atoms with Crippen LogP contribution in [0.3, 0.4) is 0 Å². The number of aliphatic hydroxyl groups excluding tert-OH is 1. The predicted molar refractivity (Wildman–Crippen MR) is 52.7 cm³/mol. The molecule has 0 aliphatic carbocycles. The van der Waals surface area contributed by atoms with E-state index in [2.05, 4.69) is 4.40 Å². The lowest BCUT2D eigenvalue weighted by Gasteiger charge is -2.02. The molecule has 1 atom stereocenters. The van der Waals surface area contributed by atoms with Gasteiger partial charge in [0, 0.05) is 10.6 Å². The number of ether oxygens (including phenoxy) is 1.